The second kappa shape index (κ2) is 5.49. The van der Waals surface area contributed by atoms with Gasteiger partial charge in [0.1, 0.15) is 11.4 Å². The Bertz CT molecular complexity index is 406. The Morgan fingerprint density at radius 1 is 1.41 bits per heavy atom. The van der Waals surface area contributed by atoms with Gasteiger partial charge in [-0.15, -0.1) is 0 Å². The first-order valence-electron chi connectivity index (χ1n) is 5.26. The highest BCUT2D eigenvalue weighted by Crippen LogP contribution is 2.18. The first-order chi connectivity index (χ1) is 7.91. The van der Waals surface area contributed by atoms with Crippen LogP contribution in [0.3, 0.4) is 0 Å². The summed E-state index contributed by atoms with van der Waals surface area (Å²) in [7, 11) is 5.74. The zero-order chi connectivity index (χ0) is 13.0. The summed E-state index contributed by atoms with van der Waals surface area (Å²) in [5.41, 5.74) is 6.02. The van der Waals surface area contributed by atoms with E-state index in [4.69, 9.17) is 10.8 Å². The third kappa shape index (κ3) is 3.60. The molecule has 1 aromatic heterocycles. The number of carbonyl (C=O) groups is 1. The SMILES string of the molecule is CN(C)CCN(C)c1ncc(N)cc1C(=O)O. The van der Waals surface area contributed by atoms with Crippen molar-refractivity contribution in [1.82, 2.24) is 9.88 Å². The van der Waals surface area contributed by atoms with E-state index in [0.717, 1.165) is 6.54 Å². The molecule has 6 nitrogen and oxygen atoms in total. The van der Waals surface area contributed by atoms with Crippen LogP contribution < -0.4 is 10.6 Å². The number of pyridine rings is 1. The van der Waals surface area contributed by atoms with Gasteiger partial charge in [0.05, 0.1) is 11.9 Å². The number of likely N-dealkylation sites (N-methyl/N-ethyl adjacent to an activating group) is 2. The van der Waals surface area contributed by atoms with Gasteiger partial charge in [0.2, 0.25) is 0 Å². The fourth-order valence-electron chi connectivity index (χ4n) is 1.39. The predicted octanol–water partition coefficient (Wildman–Crippen LogP) is 0.360. The van der Waals surface area contributed by atoms with Crippen molar-refractivity contribution in [2.75, 3.05) is 44.9 Å². The number of nitrogens with zero attached hydrogens (tertiary/aromatic N) is 3. The molecule has 0 unspecified atom stereocenters. The van der Waals surface area contributed by atoms with Gasteiger partial charge in [-0.1, -0.05) is 0 Å². The number of carboxylic acids is 1. The molecule has 0 spiro atoms. The molecule has 1 rings (SSSR count). The molecule has 17 heavy (non-hydrogen) atoms. The summed E-state index contributed by atoms with van der Waals surface area (Å²) in [6, 6.07) is 1.43. The molecule has 94 valence electrons. The molecule has 1 heterocycles. The third-order valence-electron chi connectivity index (χ3n) is 2.36. The Hall–Kier alpha value is -1.82. The summed E-state index contributed by atoms with van der Waals surface area (Å²) in [5.74, 6) is -0.579. The number of aromatic carboxylic acids is 1. The number of anilines is 2. The maximum Gasteiger partial charge on any atom is 0.339 e. The molecule has 1 aromatic rings. The number of hydrogen-bond donors (Lipinski definition) is 2. The summed E-state index contributed by atoms with van der Waals surface area (Å²) in [6.45, 7) is 1.52. The van der Waals surface area contributed by atoms with Crippen molar-refractivity contribution in [2.45, 2.75) is 0 Å². The molecule has 0 bridgehead atoms. The maximum atomic E-state index is 11.1. The highest BCUT2D eigenvalue weighted by Gasteiger charge is 2.15. The van der Waals surface area contributed by atoms with Gasteiger partial charge >= 0.3 is 5.97 Å². The molecule has 0 saturated heterocycles. The standard InChI is InChI=1S/C11H18N4O2/c1-14(2)4-5-15(3)10-9(11(16)17)6-8(12)7-13-10/h6-7H,4-5,12H2,1-3H3,(H,16,17). The summed E-state index contributed by atoms with van der Waals surface area (Å²) >= 11 is 0. The molecule has 0 saturated carbocycles. The number of aromatic nitrogens is 1. The quantitative estimate of drug-likeness (QED) is 0.770. The Balaban J connectivity index is 2.92. The predicted molar refractivity (Wildman–Crippen MR) is 67.4 cm³/mol. The molecular formula is C11H18N4O2. The van der Waals surface area contributed by atoms with Crippen LogP contribution in [0, 0.1) is 0 Å². The highest BCUT2D eigenvalue weighted by molar-refractivity contribution is 5.94. The second-order valence-corrected chi connectivity index (χ2v) is 4.17. The van der Waals surface area contributed by atoms with Crippen LogP contribution in [0.2, 0.25) is 0 Å². The topological polar surface area (TPSA) is 82.7 Å². The van der Waals surface area contributed by atoms with Gasteiger partial charge in [-0.05, 0) is 20.2 Å². The van der Waals surface area contributed by atoms with E-state index in [0.29, 0.717) is 18.1 Å². The van der Waals surface area contributed by atoms with Crippen molar-refractivity contribution in [1.29, 1.82) is 0 Å². The van der Waals surface area contributed by atoms with E-state index in [1.807, 2.05) is 30.9 Å². The minimum Gasteiger partial charge on any atom is -0.478 e. The lowest BCUT2D eigenvalue weighted by Gasteiger charge is -2.22. The van der Waals surface area contributed by atoms with Gasteiger partial charge in [0.15, 0.2) is 0 Å². The van der Waals surface area contributed by atoms with Crippen LogP contribution in [0.4, 0.5) is 11.5 Å². The van der Waals surface area contributed by atoms with Crippen LogP contribution >= 0.6 is 0 Å². The van der Waals surface area contributed by atoms with Crippen molar-refractivity contribution < 1.29 is 9.90 Å². The zero-order valence-electron chi connectivity index (χ0n) is 10.3. The Morgan fingerprint density at radius 2 is 2.06 bits per heavy atom. The van der Waals surface area contributed by atoms with E-state index in [-0.39, 0.29) is 5.56 Å². The molecule has 0 atom stereocenters. The van der Waals surface area contributed by atoms with E-state index in [2.05, 4.69) is 4.98 Å². The Morgan fingerprint density at radius 3 is 2.59 bits per heavy atom. The van der Waals surface area contributed by atoms with Gasteiger partial charge in [-0.3, -0.25) is 0 Å². The summed E-state index contributed by atoms with van der Waals surface area (Å²) in [5, 5.41) is 9.08. The van der Waals surface area contributed by atoms with Crippen LogP contribution in [0.15, 0.2) is 12.3 Å². The van der Waals surface area contributed by atoms with Crippen LogP contribution in [0.5, 0.6) is 0 Å². The van der Waals surface area contributed by atoms with Crippen LogP contribution in [-0.4, -0.2) is 55.2 Å². The lowest BCUT2D eigenvalue weighted by Crippen LogP contribution is -2.30. The van der Waals surface area contributed by atoms with Crippen molar-refractivity contribution in [3.8, 4) is 0 Å². The molecule has 3 N–H and O–H groups in total. The monoisotopic (exact) mass is 238 g/mol. The van der Waals surface area contributed by atoms with Crippen LogP contribution in [-0.2, 0) is 0 Å². The maximum absolute atomic E-state index is 11.1. The highest BCUT2D eigenvalue weighted by atomic mass is 16.4. The van der Waals surface area contributed by atoms with Gasteiger partial charge in [-0.25, -0.2) is 9.78 Å². The summed E-state index contributed by atoms with van der Waals surface area (Å²) in [4.78, 5) is 19.0. The largest absolute Gasteiger partial charge is 0.478 e. The third-order valence-corrected chi connectivity index (χ3v) is 2.36. The lowest BCUT2D eigenvalue weighted by atomic mass is 10.2. The lowest BCUT2D eigenvalue weighted by molar-refractivity contribution is 0.0697. The van der Waals surface area contributed by atoms with E-state index in [9.17, 15) is 4.79 Å². The minimum atomic E-state index is -1.02. The average molecular weight is 238 g/mol. The van der Waals surface area contributed by atoms with Gasteiger partial charge in [-0.2, -0.15) is 0 Å². The van der Waals surface area contributed by atoms with E-state index in [1.165, 1.54) is 12.3 Å². The first kappa shape index (κ1) is 13.2. The minimum absolute atomic E-state index is 0.131. The molecule has 0 amide bonds. The molecule has 0 aliphatic heterocycles. The van der Waals surface area contributed by atoms with E-state index in [1.54, 1.807) is 0 Å². The number of carboxylic acid groups (broad SMARTS) is 1. The summed E-state index contributed by atoms with van der Waals surface area (Å²) in [6.07, 6.45) is 1.47. The number of rotatable bonds is 5. The molecular weight excluding hydrogens is 220 g/mol. The fraction of sp³-hybridized carbons (Fsp3) is 0.455. The first-order valence-corrected chi connectivity index (χ1v) is 5.26. The van der Waals surface area contributed by atoms with E-state index >= 15 is 0 Å². The molecule has 6 heteroatoms. The van der Waals surface area contributed by atoms with Crippen molar-refractivity contribution in [3.63, 3.8) is 0 Å². The average Bonchev–Trinajstić information content (AvgIpc) is 2.25. The second-order valence-electron chi connectivity index (χ2n) is 4.17. The number of nitrogens with two attached hydrogens (primary N) is 1. The van der Waals surface area contributed by atoms with Crippen LogP contribution in [0.1, 0.15) is 10.4 Å². The smallest absolute Gasteiger partial charge is 0.339 e. The van der Waals surface area contributed by atoms with Crippen molar-refractivity contribution >= 4 is 17.5 Å². The van der Waals surface area contributed by atoms with Crippen molar-refractivity contribution in [2.24, 2.45) is 0 Å². The van der Waals surface area contributed by atoms with Crippen LogP contribution in [0.25, 0.3) is 0 Å². The fourth-order valence-corrected chi connectivity index (χ4v) is 1.39. The molecule has 0 aliphatic carbocycles. The molecule has 0 aromatic carbocycles. The van der Waals surface area contributed by atoms with Gasteiger partial charge in [0, 0.05) is 20.1 Å². The Kier molecular flexibility index (Phi) is 4.28. The van der Waals surface area contributed by atoms with Gasteiger partial charge in [0.25, 0.3) is 0 Å². The molecule has 0 aliphatic rings. The Labute approximate surface area is 101 Å². The van der Waals surface area contributed by atoms with Crippen molar-refractivity contribution in [3.05, 3.63) is 17.8 Å². The number of hydrogen-bond acceptors (Lipinski definition) is 5. The zero-order valence-corrected chi connectivity index (χ0v) is 10.3. The van der Waals surface area contributed by atoms with Gasteiger partial charge < -0.3 is 20.6 Å². The molecule has 0 radical (unpaired) electrons. The number of nitrogen functional groups attached to an aromatic ring is 1. The molecule has 0 fully saturated rings. The summed E-state index contributed by atoms with van der Waals surface area (Å²) < 4.78 is 0. The normalized spacial score (nSPS) is 10.6. The van der Waals surface area contributed by atoms with E-state index < -0.39 is 5.97 Å².